The van der Waals surface area contributed by atoms with Crippen LogP contribution in [0.5, 0.6) is 0 Å². The maximum atomic E-state index is 9.45. The zero-order valence-electron chi connectivity index (χ0n) is 8.61. The molecule has 0 unspecified atom stereocenters. The van der Waals surface area contributed by atoms with E-state index in [1.54, 1.807) is 0 Å². The normalized spacial score (nSPS) is 33.2. The van der Waals surface area contributed by atoms with Crippen molar-refractivity contribution in [2.24, 2.45) is 12.8 Å². The SMILES string of the molecule is Cn1cccc1C1(N)CCC(O)CC1. The third-order valence-electron chi connectivity index (χ3n) is 3.30. The molecule has 0 amide bonds. The van der Waals surface area contributed by atoms with Gasteiger partial charge in [-0.2, -0.15) is 0 Å². The Bertz CT molecular complexity index is 311. The van der Waals surface area contributed by atoms with Gasteiger partial charge in [0.15, 0.2) is 0 Å². The fourth-order valence-corrected chi connectivity index (χ4v) is 2.35. The molecule has 0 aromatic carbocycles. The van der Waals surface area contributed by atoms with Crippen molar-refractivity contribution in [3.8, 4) is 0 Å². The van der Waals surface area contributed by atoms with Crippen LogP contribution in [0.4, 0.5) is 0 Å². The number of hydrogen-bond acceptors (Lipinski definition) is 2. The third-order valence-corrected chi connectivity index (χ3v) is 3.30. The van der Waals surface area contributed by atoms with E-state index >= 15 is 0 Å². The van der Waals surface area contributed by atoms with E-state index in [0.29, 0.717) is 0 Å². The summed E-state index contributed by atoms with van der Waals surface area (Å²) in [6.45, 7) is 0. The lowest BCUT2D eigenvalue weighted by Crippen LogP contribution is -2.42. The van der Waals surface area contributed by atoms with Crippen LogP contribution in [0.2, 0.25) is 0 Å². The van der Waals surface area contributed by atoms with Gasteiger partial charge in [-0.15, -0.1) is 0 Å². The van der Waals surface area contributed by atoms with Crippen molar-refractivity contribution in [2.45, 2.75) is 37.3 Å². The average Bonchev–Trinajstić information content (AvgIpc) is 2.58. The number of aryl methyl sites for hydroxylation is 1. The fraction of sp³-hybridized carbons (Fsp3) is 0.636. The first kappa shape index (κ1) is 9.74. The minimum atomic E-state index is -0.225. The molecular weight excluding hydrogens is 176 g/mol. The van der Waals surface area contributed by atoms with Crippen molar-refractivity contribution in [1.29, 1.82) is 0 Å². The van der Waals surface area contributed by atoms with Crippen molar-refractivity contribution >= 4 is 0 Å². The summed E-state index contributed by atoms with van der Waals surface area (Å²) in [7, 11) is 2.02. The van der Waals surface area contributed by atoms with Gasteiger partial charge in [0.05, 0.1) is 11.6 Å². The lowest BCUT2D eigenvalue weighted by Gasteiger charge is -2.36. The lowest BCUT2D eigenvalue weighted by molar-refractivity contribution is 0.0947. The average molecular weight is 194 g/mol. The van der Waals surface area contributed by atoms with Gasteiger partial charge in [0.1, 0.15) is 0 Å². The van der Waals surface area contributed by atoms with Crippen molar-refractivity contribution in [2.75, 3.05) is 0 Å². The Morgan fingerprint density at radius 2 is 2.14 bits per heavy atom. The summed E-state index contributed by atoms with van der Waals surface area (Å²) in [5.41, 5.74) is 7.32. The summed E-state index contributed by atoms with van der Waals surface area (Å²) in [5, 5.41) is 9.45. The number of rotatable bonds is 1. The van der Waals surface area contributed by atoms with Crippen LogP contribution in [0.15, 0.2) is 18.3 Å². The van der Waals surface area contributed by atoms with Crippen LogP contribution in [-0.2, 0) is 12.6 Å². The zero-order chi connectivity index (χ0) is 10.2. The highest BCUT2D eigenvalue weighted by molar-refractivity contribution is 5.18. The van der Waals surface area contributed by atoms with Crippen molar-refractivity contribution in [3.63, 3.8) is 0 Å². The predicted octanol–water partition coefficient (Wildman–Crippen LogP) is 1.11. The second-order valence-corrected chi connectivity index (χ2v) is 4.39. The Morgan fingerprint density at radius 3 is 2.64 bits per heavy atom. The summed E-state index contributed by atoms with van der Waals surface area (Å²) < 4.78 is 2.08. The van der Waals surface area contributed by atoms with Gasteiger partial charge in [0.25, 0.3) is 0 Å². The van der Waals surface area contributed by atoms with Crippen LogP contribution in [0.25, 0.3) is 0 Å². The highest BCUT2D eigenvalue weighted by atomic mass is 16.3. The Labute approximate surface area is 84.5 Å². The van der Waals surface area contributed by atoms with Crippen molar-refractivity contribution in [3.05, 3.63) is 24.0 Å². The molecule has 14 heavy (non-hydrogen) atoms. The number of aliphatic hydroxyl groups is 1. The van der Waals surface area contributed by atoms with E-state index < -0.39 is 0 Å². The molecule has 3 N–H and O–H groups in total. The van der Waals surface area contributed by atoms with Crippen molar-refractivity contribution < 1.29 is 5.11 Å². The molecule has 0 radical (unpaired) electrons. The minimum Gasteiger partial charge on any atom is -0.393 e. The second-order valence-electron chi connectivity index (χ2n) is 4.39. The molecule has 1 aliphatic rings. The Kier molecular flexibility index (Phi) is 2.37. The predicted molar refractivity (Wildman–Crippen MR) is 55.8 cm³/mol. The molecule has 3 heteroatoms. The first-order chi connectivity index (χ1) is 6.62. The van der Waals surface area contributed by atoms with Gasteiger partial charge in [-0.3, -0.25) is 0 Å². The van der Waals surface area contributed by atoms with Gasteiger partial charge < -0.3 is 15.4 Å². The molecule has 0 aliphatic heterocycles. The van der Waals surface area contributed by atoms with Crippen LogP contribution in [-0.4, -0.2) is 15.8 Å². The van der Waals surface area contributed by atoms with Crippen LogP contribution < -0.4 is 5.73 Å². The molecule has 1 aromatic rings. The van der Waals surface area contributed by atoms with E-state index in [2.05, 4.69) is 10.6 Å². The molecule has 0 spiro atoms. The maximum Gasteiger partial charge on any atom is 0.0565 e. The van der Waals surface area contributed by atoms with Crippen molar-refractivity contribution in [1.82, 2.24) is 4.57 Å². The molecule has 0 bridgehead atoms. The van der Waals surface area contributed by atoms with Crippen LogP contribution in [0.3, 0.4) is 0 Å². The maximum absolute atomic E-state index is 9.45. The molecule has 1 aliphatic carbocycles. The molecule has 3 nitrogen and oxygen atoms in total. The van der Waals surface area contributed by atoms with E-state index in [4.69, 9.17) is 5.73 Å². The smallest absolute Gasteiger partial charge is 0.0565 e. The summed E-state index contributed by atoms with van der Waals surface area (Å²) in [5.74, 6) is 0. The fourth-order valence-electron chi connectivity index (χ4n) is 2.35. The lowest BCUT2D eigenvalue weighted by atomic mass is 9.79. The standard InChI is InChI=1S/C11H18N2O/c1-13-8-2-3-10(13)11(12)6-4-9(14)5-7-11/h2-3,8-9,14H,4-7,12H2,1H3. The Morgan fingerprint density at radius 1 is 1.50 bits per heavy atom. The van der Waals surface area contributed by atoms with Gasteiger partial charge in [0, 0.05) is 18.9 Å². The summed E-state index contributed by atoms with van der Waals surface area (Å²) >= 11 is 0. The molecule has 1 saturated carbocycles. The molecule has 1 aromatic heterocycles. The number of aliphatic hydroxyl groups excluding tert-OH is 1. The molecule has 0 saturated heterocycles. The van der Waals surface area contributed by atoms with E-state index in [0.717, 1.165) is 25.7 Å². The van der Waals surface area contributed by atoms with Gasteiger partial charge in [-0.1, -0.05) is 0 Å². The molecule has 1 fully saturated rings. The number of nitrogens with zero attached hydrogens (tertiary/aromatic N) is 1. The van der Waals surface area contributed by atoms with Crippen LogP contribution in [0.1, 0.15) is 31.4 Å². The topological polar surface area (TPSA) is 51.2 Å². The largest absolute Gasteiger partial charge is 0.393 e. The van der Waals surface area contributed by atoms with Gasteiger partial charge in [0.2, 0.25) is 0 Å². The highest BCUT2D eigenvalue weighted by Gasteiger charge is 2.33. The Balaban J connectivity index is 2.21. The van der Waals surface area contributed by atoms with Crippen LogP contribution >= 0.6 is 0 Å². The second kappa shape index (κ2) is 3.41. The van der Waals surface area contributed by atoms with Gasteiger partial charge >= 0.3 is 0 Å². The Hall–Kier alpha value is -0.800. The summed E-state index contributed by atoms with van der Waals surface area (Å²) in [4.78, 5) is 0. The molecular formula is C11H18N2O. The zero-order valence-corrected chi connectivity index (χ0v) is 8.61. The molecule has 78 valence electrons. The number of nitrogens with two attached hydrogens (primary N) is 1. The monoisotopic (exact) mass is 194 g/mol. The van der Waals surface area contributed by atoms with Gasteiger partial charge in [-0.25, -0.2) is 0 Å². The highest BCUT2D eigenvalue weighted by Crippen LogP contribution is 2.34. The van der Waals surface area contributed by atoms with E-state index in [1.165, 1.54) is 5.69 Å². The third kappa shape index (κ3) is 1.57. The molecule has 2 rings (SSSR count). The summed E-state index contributed by atoms with van der Waals surface area (Å²) in [6.07, 6.45) is 5.28. The van der Waals surface area contributed by atoms with Gasteiger partial charge in [-0.05, 0) is 37.8 Å². The van der Waals surface area contributed by atoms with E-state index in [1.807, 2.05) is 19.3 Å². The summed E-state index contributed by atoms with van der Waals surface area (Å²) in [6, 6.07) is 4.10. The first-order valence-electron chi connectivity index (χ1n) is 5.20. The molecule has 0 atom stereocenters. The number of hydrogen-bond donors (Lipinski definition) is 2. The molecule has 1 heterocycles. The number of aromatic nitrogens is 1. The van der Waals surface area contributed by atoms with E-state index in [9.17, 15) is 5.11 Å². The first-order valence-corrected chi connectivity index (χ1v) is 5.20. The minimum absolute atomic E-state index is 0.146. The van der Waals surface area contributed by atoms with E-state index in [-0.39, 0.29) is 11.6 Å². The quantitative estimate of drug-likeness (QED) is 0.703. The van der Waals surface area contributed by atoms with Crippen LogP contribution in [0, 0.1) is 0 Å².